The third-order valence-electron chi connectivity index (χ3n) is 4.23. The topological polar surface area (TPSA) is 57.1 Å². The molecule has 0 unspecified atom stereocenters. The highest BCUT2D eigenvalue weighted by molar-refractivity contribution is 9.10. The van der Waals surface area contributed by atoms with Crippen molar-refractivity contribution in [2.75, 3.05) is 6.79 Å². The second kappa shape index (κ2) is 6.61. The smallest absolute Gasteiger partial charge is 0.363 e. The molecule has 0 saturated carbocycles. The molecule has 2 aliphatic rings. The van der Waals surface area contributed by atoms with Crippen LogP contribution in [0, 0.1) is 0 Å². The molecule has 0 fully saturated rings. The molecule has 0 radical (unpaired) electrons. The summed E-state index contributed by atoms with van der Waals surface area (Å²) >= 11 is 3.48. The minimum Gasteiger partial charge on any atom is -0.454 e. The SMILES string of the molecule is CC(C)c1ccc(C2=N/C(=C/c3cc4c(cc3Br)OCO4)C(=O)O2)cc1. The van der Waals surface area contributed by atoms with Crippen molar-refractivity contribution in [2.45, 2.75) is 19.8 Å². The number of hydrogen-bond acceptors (Lipinski definition) is 5. The summed E-state index contributed by atoms with van der Waals surface area (Å²) in [5.74, 6) is 1.59. The minimum atomic E-state index is -0.475. The zero-order chi connectivity index (χ0) is 18.3. The zero-order valence-corrected chi connectivity index (χ0v) is 15.9. The van der Waals surface area contributed by atoms with Crippen LogP contribution in [-0.4, -0.2) is 18.7 Å². The van der Waals surface area contributed by atoms with E-state index in [0.29, 0.717) is 23.3 Å². The van der Waals surface area contributed by atoms with E-state index in [1.165, 1.54) is 5.56 Å². The lowest BCUT2D eigenvalue weighted by Gasteiger charge is -2.05. The third kappa shape index (κ3) is 3.12. The Hall–Kier alpha value is -2.60. The highest BCUT2D eigenvalue weighted by Gasteiger charge is 2.25. The maximum Gasteiger partial charge on any atom is 0.363 e. The molecule has 2 aromatic carbocycles. The van der Waals surface area contributed by atoms with Crippen LogP contribution in [0.3, 0.4) is 0 Å². The molecule has 0 saturated heterocycles. The van der Waals surface area contributed by atoms with E-state index in [4.69, 9.17) is 14.2 Å². The fourth-order valence-electron chi connectivity index (χ4n) is 2.73. The number of fused-ring (bicyclic) bond motifs is 1. The van der Waals surface area contributed by atoms with Crippen LogP contribution in [0.25, 0.3) is 6.08 Å². The standard InChI is InChI=1S/C20H16BrNO4/c1-11(2)12-3-5-13(6-4-12)19-22-16(20(23)26-19)7-14-8-17-18(9-15(14)21)25-10-24-17/h3-9,11H,10H2,1-2H3/b16-7+. The molecule has 0 spiro atoms. The van der Waals surface area contributed by atoms with E-state index in [1.54, 1.807) is 12.1 Å². The highest BCUT2D eigenvalue weighted by Crippen LogP contribution is 2.38. The number of esters is 1. The van der Waals surface area contributed by atoms with Crippen molar-refractivity contribution in [1.29, 1.82) is 0 Å². The van der Waals surface area contributed by atoms with Gasteiger partial charge in [-0.1, -0.05) is 41.9 Å². The summed E-state index contributed by atoms with van der Waals surface area (Å²) in [4.78, 5) is 16.6. The van der Waals surface area contributed by atoms with Gasteiger partial charge >= 0.3 is 5.97 Å². The number of cyclic esters (lactones) is 1. The molecule has 132 valence electrons. The normalized spacial score (nSPS) is 17.0. The van der Waals surface area contributed by atoms with Crippen LogP contribution >= 0.6 is 15.9 Å². The molecule has 2 aromatic rings. The molecule has 0 aliphatic carbocycles. The lowest BCUT2D eigenvalue weighted by Crippen LogP contribution is -2.05. The monoisotopic (exact) mass is 413 g/mol. The van der Waals surface area contributed by atoms with Gasteiger partial charge in [-0.25, -0.2) is 9.79 Å². The van der Waals surface area contributed by atoms with Gasteiger partial charge in [0.05, 0.1) is 0 Å². The molecule has 26 heavy (non-hydrogen) atoms. The van der Waals surface area contributed by atoms with E-state index in [-0.39, 0.29) is 12.5 Å². The molecule has 0 N–H and O–H groups in total. The summed E-state index contributed by atoms with van der Waals surface area (Å²) < 4.78 is 16.8. The van der Waals surface area contributed by atoms with Crippen molar-refractivity contribution in [3.63, 3.8) is 0 Å². The molecule has 0 bridgehead atoms. The van der Waals surface area contributed by atoms with E-state index in [1.807, 2.05) is 30.3 Å². The Morgan fingerprint density at radius 1 is 1.12 bits per heavy atom. The van der Waals surface area contributed by atoms with Crippen molar-refractivity contribution in [3.05, 3.63) is 63.3 Å². The average Bonchev–Trinajstić information content (AvgIpc) is 3.22. The number of benzene rings is 2. The second-order valence-corrected chi connectivity index (χ2v) is 7.19. The van der Waals surface area contributed by atoms with Crippen LogP contribution in [0.4, 0.5) is 0 Å². The number of rotatable bonds is 3. The minimum absolute atomic E-state index is 0.193. The predicted molar refractivity (Wildman–Crippen MR) is 101 cm³/mol. The molecule has 4 rings (SSSR count). The number of ether oxygens (including phenoxy) is 3. The van der Waals surface area contributed by atoms with Crippen molar-refractivity contribution in [1.82, 2.24) is 0 Å². The average molecular weight is 414 g/mol. The Bertz CT molecular complexity index is 945. The van der Waals surface area contributed by atoms with Gasteiger partial charge in [0.15, 0.2) is 17.2 Å². The van der Waals surface area contributed by atoms with Crippen LogP contribution in [0.2, 0.25) is 0 Å². The van der Waals surface area contributed by atoms with Crippen LogP contribution in [0.5, 0.6) is 11.5 Å². The van der Waals surface area contributed by atoms with E-state index < -0.39 is 5.97 Å². The van der Waals surface area contributed by atoms with Gasteiger partial charge in [0.25, 0.3) is 0 Å². The van der Waals surface area contributed by atoms with E-state index >= 15 is 0 Å². The molecular formula is C20H16BrNO4. The number of nitrogens with zero attached hydrogens (tertiary/aromatic N) is 1. The van der Waals surface area contributed by atoms with E-state index in [9.17, 15) is 4.79 Å². The Morgan fingerprint density at radius 3 is 2.50 bits per heavy atom. The summed E-state index contributed by atoms with van der Waals surface area (Å²) in [7, 11) is 0. The zero-order valence-electron chi connectivity index (χ0n) is 14.3. The van der Waals surface area contributed by atoms with E-state index in [2.05, 4.69) is 34.8 Å². The molecule has 5 nitrogen and oxygen atoms in total. The van der Waals surface area contributed by atoms with Crippen molar-refractivity contribution >= 4 is 33.9 Å². The molecule has 6 heteroatoms. The van der Waals surface area contributed by atoms with Crippen LogP contribution < -0.4 is 9.47 Å². The Balaban J connectivity index is 1.65. The first-order chi connectivity index (χ1) is 12.5. The summed E-state index contributed by atoms with van der Waals surface area (Å²) in [5.41, 5.74) is 3.00. The first-order valence-electron chi connectivity index (χ1n) is 8.23. The highest BCUT2D eigenvalue weighted by atomic mass is 79.9. The van der Waals surface area contributed by atoms with Gasteiger partial charge in [0.2, 0.25) is 12.7 Å². The van der Waals surface area contributed by atoms with Gasteiger partial charge in [-0.05, 0) is 47.4 Å². The summed E-state index contributed by atoms with van der Waals surface area (Å²) in [6.07, 6.45) is 1.67. The quantitative estimate of drug-likeness (QED) is 0.542. The number of carbonyl (C=O) groups excluding carboxylic acids is 1. The number of hydrogen-bond donors (Lipinski definition) is 0. The fourth-order valence-corrected chi connectivity index (χ4v) is 3.17. The molecule has 0 amide bonds. The Kier molecular flexibility index (Phi) is 4.28. The van der Waals surface area contributed by atoms with E-state index in [0.717, 1.165) is 15.6 Å². The summed E-state index contributed by atoms with van der Waals surface area (Å²) in [5, 5.41) is 0. The van der Waals surface area contributed by atoms with Crippen molar-refractivity contribution < 1.29 is 19.0 Å². The summed E-state index contributed by atoms with van der Waals surface area (Å²) in [6, 6.07) is 11.5. The van der Waals surface area contributed by atoms with Gasteiger partial charge in [0.1, 0.15) is 0 Å². The van der Waals surface area contributed by atoms with Gasteiger partial charge < -0.3 is 14.2 Å². The lowest BCUT2D eigenvalue weighted by molar-refractivity contribution is -0.129. The first-order valence-corrected chi connectivity index (χ1v) is 9.02. The molecular weight excluding hydrogens is 398 g/mol. The predicted octanol–water partition coefficient (Wildman–Crippen LogP) is 4.65. The Morgan fingerprint density at radius 2 is 1.81 bits per heavy atom. The summed E-state index contributed by atoms with van der Waals surface area (Å²) in [6.45, 7) is 4.46. The number of carbonyl (C=O) groups is 1. The maximum atomic E-state index is 12.2. The van der Waals surface area contributed by atoms with Gasteiger partial charge in [-0.15, -0.1) is 0 Å². The molecule has 0 aromatic heterocycles. The van der Waals surface area contributed by atoms with Crippen molar-refractivity contribution in [3.8, 4) is 11.5 Å². The molecule has 0 atom stereocenters. The molecule has 2 aliphatic heterocycles. The lowest BCUT2D eigenvalue weighted by atomic mass is 10.0. The first kappa shape index (κ1) is 16.8. The largest absolute Gasteiger partial charge is 0.454 e. The van der Waals surface area contributed by atoms with Gasteiger partial charge in [0, 0.05) is 10.0 Å². The second-order valence-electron chi connectivity index (χ2n) is 6.34. The van der Waals surface area contributed by atoms with Crippen LogP contribution in [-0.2, 0) is 9.53 Å². The van der Waals surface area contributed by atoms with Gasteiger partial charge in [-0.3, -0.25) is 0 Å². The van der Waals surface area contributed by atoms with Crippen LogP contribution in [0.15, 0.2) is 51.6 Å². The van der Waals surface area contributed by atoms with Crippen molar-refractivity contribution in [2.24, 2.45) is 4.99 Å². The van der Waals surface area contributed by atoms with Crippen LogP contribution in [0.1, 0.15) is 36.5 Å². The third-order valence-corrected chi connectivity index (χ3v) is 4.92. The number of halogens is 1. The Labute approximate surface area is 159 Å². The maximum absolute atomic E-state index is 12.2. The fraction of sp³-hybridized carbons (Fsp3) is 0.200. The van der Waals surface area contributed by atoms with Gasteiger partial charge in [-0.2, -0.15) is 0 Å². The number of aliphatic imine (C=N–C) groups is 1. The molecule has 2 heterocycles.